The first-order valence-electron chi connectivity index (χ1n) is 9.25. The molecule has 0 radical (unpaired) electrons. The Labute approximate surface area is 157 Å². The van der Waals surface area contributed by atoms with Gasteiger partial charge < -0.3 is 10.1 Å². The molecule has 2 aromatic rings. The molecule has 1 aliphatic heterocycles. The number of ether oxygens (including phenoxy) is 1. The van der Waals surface area contributed by atoms with Gasteiger partial charge in [0.15, 0.2) is 0 Å². The fourth-order valence-corrected chi connectivity index (χ4v) is 3.67. The lowest BCUT2D eigenvalue weighted by molar-refractivity contribution is -0.121. The molecule has 1 N–H and O–H groups in total. The standard InChI is InChI=1S/C19H26N4O4/c1-11-14(7-8-15(24)20-10-13-6-5-9-27-13)12(2)21-17-16(11)18(25)23(4)19(26)22(17)3/h13H,5-10H2,1-4H3,(H,20,24). The summed E-state index contributed by atoms with van der Waals surface area (Å²) in [6.45, 7) is 4.99. The molecule has 2 aromatic heterocycles. The molecular weight excluding hydrogens is 348 g/mol. The van der Waals surface area contributed by atoms with Crippen molar-refractivity contribution in [1.29, 1.82) is 0 Å². The first-order valence-corrected chi connectivity index (χ1v) is 9.25. The number of hydrogen-bond donors (Lipinski definition) is 1. The van der Waals surface area contributed by atoms with Crippen molar-refractivity contribution in [3.05, 3.63) is 37.7 Å². The van der Waals surface area contributed by atoms with E-state index < -0.39 is 5.69 Å². The van der Waals surface area contributed by atoms with Gasteiger partial charge >= 0.3 is 5.69 Å². The van der Waals surface area contributed by atoms with Gasteiger partial charge in [-0.2, -0.15) is 0 Å². The van der Waals surface area contributed by atoms with E-state index in [1.807, 2.05) is 13.8 Å². The van der Waals surface area contributed by atoms with Crippen LogP contribution in [0, 0.1) is 13.8 Å². The second kappa shape index (κ2) is 7.64. The molecule has 1 amide bonds. The molecule has 3 heterocycles. The van der Waals surface area contributed by atoms with Crippen LogP contribution in [-0.4, -0.2) is 39.3 Å². The molecule has 146 valence electrons. The number of carbonyl (C=O) groups is 1. The van der Waals surface area contributed by atoms with Gasteiger partial charge in [0.25, 0.3) is 5.56 Å². The van der Waals surface area contributed by atoms with Gasteiger partial charge in [0.2, 0.25) is 5.91 Å². The second-order valence-corrected chi connectivity index (χ2v) is 7.14. The van der Waals surface area contributed by atoms with Crippen LogP contribution in [0.25, 0.3) is 11.0 Å². The highest BCUT2D eigenvalue weighted by Gasteiger charge is 2.19. The minimum Gasteiger partial charge on any atom is -0.376 e. The molecule has 0 saturated carbocycles. The van der Waals surface area contributed by atoms with Crippen LogP contribution >= 0.6 is 0 Å². The van der Waals surface area contributed by atoms with E-state index in [9.17, 15) is 14.4 Å². The highest BCUT2D eigenvalue weighted by Crippen LogP contribution is 2.20. The fourth-order valence-electron chi connectivity index (χ4n) is 3.67. The number of aromatic nitrogens is 3. The maximum atomic E-state index is 12.6. The Morgan fingerprint density at radius 1 is 1.26 bits per heavy atom. The van der Waals surface area contributed by atoms with Crippen LogP contribution in [-0.2, 0) is 30.0 Å². The van der Waals surface area contributed by atoms with Gasteiger partial charge in [-0.15, -0.1) is 0 Å². The van der Waals surface area contributed by atoms with E-state index in [0.717, 1.165) is 40.8 Å². The van der Waals surface area contributed by atoms with E-state index >= 15 is 0 Å². The minimum absolute atomic E-state index is 0.0437. The summed E-state index contributed by atoms with van der Waals surface area (Å²) >= 11 is 0. The Balaban J connectivity index is 1.83. The predicted molar refractivity (Wildman–Crippen MR) is 102 cm³/mol. The van der Waals surface area contributed by atoms with Gasteiger partial charge in [-0.05, 0) is 44.2 Å². The largest absolute Gasteiger partial charge is 0.376 e. The number of nitrogens with zero attached hydrogens (tertiary/aromatic N) is 3. The van der Waals surface area contributed by atoms with Crippen LogP contribution < -0.4 is 16.6 Å². The number of amides is 1. The van der Waals surface area contributed by atoms with Gasteiger partial charge in [0, 0.05) is 39.4 Å². The molecule has 27 heavy (non-hydrogen) atoms. The molecule has 1 saturated heterocycles. The Kier molecular flexibility index (Phi) is 5.46. The van der Waals surface area contributed by atoms with Crippen molar-refractivity contribution in [2.24, 2.45) is 14.1 Å². The number of nitrogens with one attached hydrogen (secondary N) is 1. The summed E-state index contributed by atoms with van der Waals surface area (Å²) in [5.74, 6) is -0.0437. The first-order chi connectivity index (χ1) is 12.8. The lowest BCUT2D eigenvalue weighted by Gasteiger charge is -2.15. The molecule has 1 aliphatic rings. The average molecular weight is 374 g/mol. The summed E-state index contributed by atoms with van der Waals surface area (Å²) in [5.41, 5.74) is 2.01. The van der Waals surface area contributed by atoms with E-state index in [-0.39, 0.29) is 17.6 Å². The fraction of sp³-hybridized carbons (Fsp3) is 0.579. The lowest BCUT2D eigenvalue weighted by Crippen LogP contribution is -2.38. The highest BCUT2D eigenvalue weighted by molar-refractivity contribution is 5.80. The van der Waals surface area contributed by atoms with Crippen LogP contribution in [0.15, 0.2) is 9.59 Å². The van der Waals surface area contributed by atoms with Gasteiger partial charge in [0.1, 0.15) is 5.65 Å². The van der Waals surface area contributed by atoms with E-state index in [0.29, 0.717) is 30.4 Å². The van der Waals surface area contributed by atoms with E-state index in [2.05, 4.69) is 10.3 Å². The Hall–Kier alpha value is -2.48. The topological polar surface area (TPSA) is 95.2 Å². The molecule has 8 heteroatoms. The molecular formula is C19H26N4O4. The SMILES string of the molecule is Cc1nc2c(c(C)c1CCC(=O)NCC1CCCO1)c(=O)n(C)c(=O)n2C. The average Bonchev–Trinajstić information content (AvgIpc) is 3.16. The van der Waals surface area contributed by atoms with Crippen molar-refractivity contribution in [2.45, 2.75) is 45.6 Å². The number of fused-ring (bicyclic) bond motifs is 1. The normalized spacial score (nSPS) is 16.8. The maximum Gasteiger partial charge on any atom is 0.332 e. The molecule has 1 fully saturated rings. The van der Waals surface area contributed by atoms with Gasteiger partial charge in [-0.3, -0.25) is 18.7 Å². The third kappa shape index (κ3) is 3.66. The van der Waals surface area contributed by atoms with Crippen LogP contribution in [0.5, 0.6) is 0 Å². The van der Waals surface area contributed by atoms with Crippen molar-refractivity contribution in [2.75, 3.05) is 13.2 Å². The highest BCUT2D eigenvalue weighted by atomic mass is 16.5. The Bertz CT molecular complexity index is 1000. The van der Waals surface area contributed by atoms with Crippen molar-refractivity contribution in [3.63, 3.8) is 0 Å². The van der Waals surface area contributed by atoms with E-state index in [1.54, 1.807) is 7.05 Å². The van der Waals surface area contributed by atoms with Gasteiger partial charge in [-0.1, -0.05) is 0 Å². The second-order valence-electron chi connectivity index (χ2n) is 7.14. The third-order valence-corrected chi connectivity index (χ3v) is 5.32. The summed E-state index contributed by atoms with van der Waals surface area (Å²) < 4.78 is 7.98. The minimum atomic E-state index is -0.403. The number of hydrogen-bond acceptors (Lipinski definition) is 5. The quantitative estimate of drug-likeness (QED) is 0.821. The Morgan fingerprint density at radius 2 is 2.00 bits per heavy atom. The summed E-state index contributed by atoms with van der Waals surface area (Å²) in [4.78, 5) is 41.4. The number of carbonyl (C=O) groups excluding carboxylic acids is 1. The molecule has 1 unspecified atom stereocenters. The molecule has 1 atom stereocenters. The lowest BCUT2D eigenvalue weighted by atomic mass is 10.00. The van der Waals surface area contributed by atoms with Crippen LogP contribution in [0.2, 0.25) is 0 Å². The predicted octanol–water partition coefficient (Wildman–Crippen LogP) is 0.477. The Morgan fingerprint density at radius 3 is 2.67 bits per heavy atom. The number of rotatable bonds is 5. The molecule has 0 aliphatic carbocycles. The van der Waals surface area contributed by atoms with Crippen molar-refractivity contribution in [1.82, 2.24) is 19.4 Å². The zero-order chi connectivity index (χ0) is 19.7. The van der Waals surface area contributed by atoms with Crippen LogP contribution in [0.4, 0.5) is 0 Å². The zero-order valence-electron chi connectivity index (χ0n) is 16.3. The number of aryl methyl sites for hydroxylation is 3. The smallest absolute Gasteiger partial charge is 0.332 e. The maximum absolute atomic E-state index is 12.6. The third-order valence-electron chi connectivity index (χ3n) is 5.32. The molecule has 0 bridgehead atoms. The summed E-state index contributed by atoms with van der Waals surface area (Å²) in [6.07, 6.45) is 2.94. The van der Waals surface area contributed by atoms with E-state index in [1.165, 1.54) is 11.6 Å². The van der Waals surface area contributed by atoms with Gasteiger partial charge in [-0.25, -0.2) is 9.78 Å². The van der Waals surface area contributed by atoms with Gasteiger partial charge in [0.05, 0.1) is 11.5 Å². The van der Waals surface area contributed by atoms with Crippen LogP contribution in [0.1, 0.15) is 36.1 Å². The monoisotopic (exact) mass is 374 g/mol. The van der Waals surface area contributed by atoms with Crippen LogP contribution in [0.3, 0.4) is 0 Å². The van der Waals surface area contributed by atoms with Crippen molar-refractivity contribution in [3.8, 4) is 0 Å². The van der Waals surface area contributed by atoms with Crippen molar-refractivity contribution < 1.29 is 9.53 Å². The summed E-state index contributed by atoms with van der Waals surface area (Å²) in [5, 5.41) is 3.34. The summed E-state index contributed by atoms with van der Waals surface area (Å²) in [6, 6.07) is 0. The number of pyridine rings is 1. The van der Waals surface area contributed by atoms with E-state index in [4.69, 9.17) is 4.74 Å². The molecule has 0 spiro atoms. The molecule has 3 rings (SSSR count). The molecule has 0 aromatic carbocycles. The first kappa shape index (κ1) is 19.3. The summed E-state index contributed by atoms with van der Waals surface area (Å²) in [7, 11) is 3.07. The van der Waals surface area contributed by atoms with Crippen molar-refractivity contribution >= 4 is 16.9 Å². The molecule has 8 nitrogen and oxygen atoms in total. The zero-order valence-corrected chi connectivity index (χ0v) is 16.3.